The summed E-state index contributed by atoms with van der Waals surface area (Å²) >= 11 is 1.72. The second-order valence-electron chi connectivity index (χ2n) is 4.34. The van der Waals surface area contributed by atoms with Gasteiger partial charge in [-0.25, -0.2) is 0 Å². The third-order valence-corrected chi connectivity index (χ3v) is 4.21. The molecule has 1 saturated heterocycles. The zero-order valence-electron chi connectivity index (χ0n) is 7.98. The van der Waals surface area contributed by atoms with E-state index < -0.39 is 0 Å². The van der Waals surface area contributed by atoms with Gasteiger partial charge in [-0.1, -0.05) is 11.8 Å². The van der Waals surface area contributed by atoms with Crippen molar-refractivity contribution in [2.45, 2.75) is 30.9 Å². The van der Waals surface area contributed by atoms with E-state index in [1.807, 2.05) is 0 Å². The van der Waals surface area contributed by atoms with E-state index in [2.05, 4.69) is 10.3 Å². The first-order valence-corrected chi connectivity index (χ1v) is 6.17. The molecule has 3 fully saturated rings. The van der Waals surface area contributed by atoms with Gasteiger partial charge >= 0.3 is 0 Å². The molecular weight excluding hydrogens is 196 g/mol. The topological polar surface area (TPSA) is 43.5 Å². The smallest absolute Gasteiger partial charge is 0.251 e. The minimum atomic E-state index is 0.0627. The van der Waals surface area contributed by atoms with Crippen molar-refractivity contribution in [2.24, 2.45) is 16.8 Å². The van der Waals surface area contributed by atoms with Crippen LogP contribution in [0.5, 0.6) is 0 Å². The van der Waals surface area contributed by atoms with E-state index in [1.54, 1.807) is 11.8 Å². The molecule has 0 aromatic carbocycles. The summed E-state index contributed by atoms with van der Waals surface area (Å²) < 4.78 is 0. The predicted octanol–water partition coefficient (Wildman–Crippen LogP) is 1.41. The molecule has 3 aliphatic rings. The molecule has 1 heterocycles. The number of hydrogen-bond acceptors (Lipinski definition) is 2. The number of carbonyl (C=O) groups is 1. The molecule has 2 saturated carbocycles. The molecular formula is C10H13N2OS. The number of aliphatic imine (C=N–C) groups is 1. The third-order valence-electron chi connectivity index (χ3n) is 2.94. The predicted molar refractivity (Wildman–Crippen MR) is 56.3 cm³/mol. The van der Waals surface area contributed by atoms with Gasteiger partial charge in [0, 0.05) is 11.2 Å². The average Bonchev–Trinajstić information content (AvgIpc) is 3.06. The van der Waals surface area contributed by atoms with E-state index in [-0.39, 0.29) is 11.8 Å². The first kappa shape index (κ1) is 8.77. The molecule has 1 amide bonds. The van der Waals surface area contributed by atoms with Gasteiger partial charge in [0.25, 0.3) is 5.91 Å². The van der Waals surface area contributed by atoms with E-state index in [4.69, 9.17) is 0 Å². The Morgan fingerprint density at radius 1 is 1.36 bits per heavy atom. The van der Waals surface area contributed by atoms with Crippen LogP contribution in [0.4, 0.5) is 0 Å². The Bertz CT molecular complexity index is 294. The van der Waals surface area contributed by atoms with Crippen LogP contribution >= 0.6 is 11.8 Å². The summed E-state index contributed by atoms with van der Waals surface area (Å²) in [6, 6.07) is 0. The van der Waals surface area contributed by atoms with Gasteiger partial charge in [-0.2, -0.15) is 4.99 Å². The van der Waals surface area contributed by atoms with E-state index in [1.165, 1.54) is 12.8 Å². The van der Waals surface area contributed by atoms with Crippen LogP contribution in [-0.2, 0) is 4.79 Å². The van der Waals surface area contributed by atoms with Crippen LogP contribution in [0.1, 0.15) is 25.7 Å². The normalized spacial score (nSPS) is 34.6. The summed E-state index contributed by atoms with van der Waals surface area (Å²) in [5.41, 5.74) is 0. The molecule has 0 spiro atoms. The van der Waals surface area contributed by atoms with E-state index in [0.717, 1.165) is 30.5 Å². The fraction of sp³-hybridized carbons (Fsp3) is 0.800. The van der Waals surface area contributed by atoms with Crippen LogP contribution in [0.25, 0.3) is 0 Å². The standard InChI is InChI=1S/C10H13N2OS/c13-9(7-3-4-7)12-10-11-5-8(14-10)6-1-2-6/h6-8H,1-5H2. The van der Waals surface area contributed by atoms with E-state index >= 15 is 0 Å². The minimum Gasteiger partial charge on any atom is -0.272 e. The lowest BCUT2D eigenvalue weighted by atomic mass is 10.3. The van der Waals surface area contributed by atoms with Crippen LogP contribution < -0.4 is 5.32 Å². The number of carbonyl (C=O) groups excluding carboxylic acids is 1. The molecule has 1 radical (unpaired) electrons. The Labute approximate surface area is 87.7 Å². The van der Waals surface area contributed by atoms with Crippen LogP contribution in [0.15, 0.2) is 4.99 Å². The Kier molecular flexibility index (Phi) is 2.04. The number of thioether (sulfide) groups is 1. The Morgan fingerprint density at radius 2 is 2.14 bits per heavy atom. The van der Waals surface area contributed by atoms with Gasteiger partial charge in [0.15, 0.2) is 5.17 Å². The highest BCUT2D eigenvalue weighted by Gasteiger charge is 2.38. The molecule has 1 atom stereocenters. The van der Waals surface area contributed by atoms with E-state index in [9.17, 15) is 4.79 Å². The fourth-order valence-corrected chi connectivity index (χ4v) is 2.85. The maximum Gasteiger partial charge on any atom is 0.251 e. The maximum absolute atomic E-state index is 11.4. The number of nitrogens with zero attached hydrogens (tertiary/aromatic N) is 2. The largest absolute Gasteiger partial charge is 0.272 e. The molecule has 1 aliphatic heterocycles. The first-order valence-electron chi connectivity index (χ1n) is 5.29. The number of amidine groups is 1. The van der Waals surface area contributed by atoms with E-state index in [0.29, 0.717) is 5.25 Å². The van der Waals surface area contributed by atoms with Crippen molar-refractivity contribution in [2.75, 3.05) is 6.54 Å². The molecule has 4 heteroatoms. The van der Waals surface area contributed by atoms with Crippen LogP contribution in [0, 0.1) is 11.8 Å². The number of rotatable bonds is 2. The average molecular weight is 209 g/mol. The van der Waals surface area contributed by atoms with Gasteiger partial charge in [-0.05, 0) is 31.6 Å². The molecule has 0 N–H and O–H groups in total. The Morgan fingerprint density at radius 3 is 2.79 bits per heavy atom. The van der Waals surface area contributed by atoms with Gasteiger partial charge < -0.3 is 0 Å². The Balaban J connectivity index is 1.59. The SMILES string of the molecule is O=C(N=C1[N]CC(C2CC2)S1)C1CC1. The second kappa shape index (κ2) is 3.26. The highest BCUT2D eigenvalue weighted by Crippen LogP contribution is 2.41. The van der Waals surface area contributed by atoms with Gasteiger partial charge in [0.2, 0.25) is 0 Å². The third kappa shape index (κ3) is 1.80. The fourth-order valence-electron chi connectivity index (χ4n) is 1.67. The molecule has 3 rings (SSSR count). The zero-order valence-corrected chi connectivity index (χ0v) is 8.80. The summed E-state index contributed by atoms with van der Waals surface area (Å²) in [7, 11) is 0. The lowest BCUT2D eigenvalue weighted by molar-refractivity contribution is -0.118. The molecule has 0 bridgehead atoms. The quantitative estimate of drug-likeness (QED) is 0.690. The van der Waals surface area contributed by atoms with Crippen LogP contribution in [-0.4, -0.2) is 22.9 Å². The molecule has 14 heavy (non-hydrogen) atoms. The monoisotopic (exact) mass is 209 g/mol. The van der Waals surface area contributed by atoms with Crippen molar-refractivity contribution >= 4 is 22.8 Å². The molecule has 2 aliphatic carbocycles. The summed E-state index contributed by atoms with van der Waals surface area (Å²) in [5.74, 6) is 1.15. The highest BCUT2D eigenvalue weighted by atomic mass is 32.2. The number of amides is 1. The van der Waals surface area contributed by atoms with Crippen molar-refractivity contribution in [1.82, 2.24) is 5.32 Å². The van der Waals surface area contributed by atoms with Crippen LogP contribution in [0.2, 0.25) is 0 Å². The molecule has 0 aromatic rings. The summed E-state index contributed by atoms with van der Waals surface area (Å²) in [6.45, 7) is 0.881. The van der Waals surface area contributed by atoms with Gasteiger partial charge in [-0.15, -0.1) is 0 Å². The maximum atomic E-state index is 11.4. The van der Waals surface area contributed by atoms with Crippen molar-refractivity contribution in [1.29, 1.82) is 0 Å². The first-order chi connectivity index (χ1) is 6.83. The molecule has 0 aromatic heterocycles. The lowest BCUT2D eigenvalue weighted by Crippen LogP contribution is -2.11. The minimum absolute atomic E-state index is 0.0627. The summed E-state index contributed by atoms with van der Waals surface area (Å²) in [6.07, 6.45) is 4.76. The zero-order chi connectivity index (χ0) is 9.54. The van der Waals surface area contributed by atoms with Crippen molar-refractivity contribution in [3.05, 3.63) is 0 Å². The molecule has 75 valence electrons. The second-order valence-corrected chi connectivity index (χ2v) is 5.55. The molecule has 3 nitrogen and oxygen atoms in total. The Hall–Kier alpha value is -0.510. The lowest BCUT2D eigenvalue weighted by Gasteiger charge is -1.99. The van der Waals surface area contributed by atoms with Gasteiger partial charge in [-0.3, -0.25) is 10.1 Å². The van der Waals surface area contributed by atoms with Crippen molar-refractivity contribution in [3.63, 3.8) is 0 Å². The highest BCUT2D eigenvalue weighted by molar-refractivity contribution is 8.14. The molecule has 1 unspecified atom stereocenters. The van der Waals surface area contributed by atoms with Crippen LogP contribution in [0.3, 0.4) is 0 Å². The van der Waals surface area contributed by atoms with Gasteiger partial charge in [0.05, 0.1) is 6.54 Å². The van der Waals surface area contributed by atoms with Crippen molar-refractivity contribution < 1.29 is 4.79 Å². The summed E-state index contributed by atoms with van der Waals surface area (Å²) in [5, 5.41) is 5.70. The van der Waals surface area contributed by atoms with Gasteiger partial charge in [0.1, 0.15) is 0 Å². The summed E-state index contributed by atoms with van der Waals surface area (Å²) in [4.78, 5) is 15.5. The van der Waals surface area contributed by atoms with Crippen molar-refractivity contribution in [3.8, 4) is 0 Å². The number of hydrogen-bond donors (Lipinski definition) is 0.